The molecule has 2 aromatic carbocycles. The monoisotopic (exact) mass is 455 g/mol. The lowest BCUT2D eigenvalue weighted by molar-refractivity contribution is -0.00371. The van der Waals surface area contributed by atoms with Crippen molar-refractivity contribution >= 4 is 40.2 Å². The van der Waals surface area contributed by atoms with Crippen LogP contribution < -0.4 is 10.6 Å². The first-order valence-corrected chi connectivity index (χ1v) is 12.0. The Morgan fingerprint density at radius 1 is 1.26 bits per heavy atom. The Kier molecular flexibility index (Phi) is 6.29. The van der Waals surface area contributed by atoms with Crippen LogP contribution in [0.3, 0.4) is 0 Å². The van der Waals surface area contributed by atoms with Crippen molar-refractivity contribution in [2.45, 2.75) is 29.2 Å². The Morgan fingerprint density at radius 2 is 2.13 bits per heavy atom. The number of hydrogen-bond donors (Lipinski definition) is 3. The van der Waals surface area contributed by atoms with Crippen LogP contribution in [0.25, 0.3) is 10.9 Å². The van der Waals surface area contributed by atoms with E-state index >= 15 is 0 Å². The first kappa shape index (κ1) is 21.0. The van der Waals surface area contributed by atoms with Crippen molar-refractivity contribution in [1.82, 2.24) is 20.2 Å². The number of anilines is 1. The van der Waals surface area contributed by atoms with Crippen LogP contribution in [0.4, 0.5) is 5.95 Å². The van der Waals surface area contributed by atoms with Crippen molar-refractivity contribution in [3.8, 4) is 0 Å². The molecule has 2 atom stereocenters. The molecule has 0 aliphatic carbocycles. The van der Waals surface area contributed by atoms with E-state index in [0.717, 1.165) is 61.5 Å². The zero-order valence-corrected chi connectivity index (χ0v) is 18.8. The lowest BCUT2D eigenvalue weighted by Crippen LogP contribution is -2.51. The summed E-state index contributed by atoms with van der Waals surface area (Å²) in [7, 11) is 0. The maximum atomic E-state index is 10.9. The van der Waals surface area contributed by atoms with E-state index in [4.69, 9.17) is 16.6 Å². The van der Waals surface area contributed by atoms with Crippen LogP contribution in [0.5, 0.6) is 0 Å². The molecular weight excluding hydrogens is 430 g/mol. The number of nitrogens with one attached hydrogen (secondary N) is 2. The Bertz CT molecular complexity index is 1080. The second kappa shape index (κ2) is 9.30. The second-order valence-electron chi connectivity index (χ2n) is 8.04. The van der Waals surface area contributed by atoms with Gasteiger partial charge >= 0.3 is 0 Å². The number of aliphatic hydroxyl groups excluding tert-OH is 1. The van der Waals surface area contributed by atoms with Gasteiger partial charge in [-0.2, -0.15) is 0 Å². The van der Waals surface area contributed by atoms with Gasteiger partial charge in [-0.3, -0.25) is 4.90 Å². The molecule has 3 aromatic rings. The third-order valence-corrected chi connectivity index (χ3v) is 7.53. The molecule has 0 spiro atoms. The fourth-order valence-electron chi connectivity index (χ4n) is 4.30. The van der Waals surface area contributed by atoms with Gasteiger partial charge in [0.2, 0.25) is 5.95 Å². The molecule has 2 unspecified atom stereocenters. The van der Waals surface area contributed by atoms with Gasteiger partial charge in [0.1, 0.15) is 6.23 Å². The predicted octanol–water partition coefficient (Wildman–Crippen LogP) is 3.18. The highest BCUT2D eigenvalue weighted by molar-refractivity contribution is 8.00. The van der Waals surface area contributed by atoms with E-state index in [9.17, 15) is 5.11 Å². The molecule has 0 radical (unpaired) electrons. The maximum absolute atomic E-state index is 10.9. The van der Waals surface area contributed by atoms with E-state index in [2.05, 4.69) is 38.7 Å². The lowest BCUT2D eigenvalue weighted by atomic mass is 10.1. The fraction of sp³-hybridized carbons (Fsp3) is 0.391. The Labute approximate surface area is 191 Å². The summed E-state index contributed by atoms with van der Waals surface area (Å²) in [5, 5.41) is 19.6. The number of hydrogen-bond acceptors (Lipinski definition) is 7. The molecule has 1 aromatic heterocycles. The fourth-order valence-corrected chi connectivity index (χ4v) is 5.85. The van der Waals surface area contributed by atoms with Gasteiger partial charge in [0, 0.05) is 54.2 Å². The van der Waals surface area contributed by atoms with E-state index in [-0.39, 0.29) is 5.25 Å². The topological polar surface area (TPSA) is 73.3 Å². The summed E-state index contributed by atoms with van der Waals surface area (Å²) in [6, 6.07) is 12.1. The number of benzene rings is 2. The molecule has 2 aliphatic heterocycles. The van der Waals surface area contributed by atoms with Crippen LogP contribution in [0.1, 0.15) is 11.1 Å². The molecule has 3 N–H and O–H groups in total. The summed E-state index contributed by atoms with van der Waals surface area (Å²) in [5.74, 6) is 0.638. The zero-order chi connectivity index (χ0) is 21.2. The number of fused-ring (bicyclic) bond motifs is 3. The minimum Gasteiger partial charge on any atom is -0.377 e. The van der Waals surface area contributed by atoms with Crippen molar-refractivity contribution in [1.29, 1.82) is 0 Å². The van der Waals surface area contributed by atoms with E-state index in [1.165, 1.54) is 16.0 Å². The standard InChI is InChI=1S/C23H26ClN5OS/c24-17-3-1-2-15(12-17)6-7-26-23-27-14-16-4-5-19-18(21(16)28-23)13-20(31-19)22(30)29-10-8-25-9-11-29/h1-5,12,14,20,22,25,30H,6-11,13H2,(H,26,27,28). The van der Waals surface area contributed by atoms with Crippen molar-refractivity contribution in [3.05, 3.63) is 58.7 Å². The molecule has 162 valence electrons. The van der Waals surface area contributed by atoms with E-state index in [0.29, 0.717) is 5.95 Å². The summed E-state index contributed by atoms with van der Waals surface area (Å²) in [4.78, 5) is 12.7. The largest absolute Gasteiger partial charge is 0.377 e. The minimum absolute atomic E-state index is 0.132. The van der Waals surface area contributed by atoms with Gasteiger partial charge in [-0.15, -0.1) is 11.8 Å². The highest BCUT2D eigenvalue weighted by atomic mass is 35.5. The molecule has 0 bridgehead atoms. The molecule has 0 saturated carbocycles. The van der Waals surface area contributed by atoms with Crippen LogP contribution in [0.2, 0.25) is 5.02 Å². The Balaban J connectivity index is 1.30. The first-order valence-electron chi connectivity index (χ1n) is 10.7. The summed E-state index contributed by atoms with van der Waals surface area (Å²) in [6.07, 6.45) is 3.12. The number of nitrogens with zero attached hydrogens (tertiary/aromatic N) is 3. The number of rotatable bonds is 6. The molecule has 1 saturated heterocycles. The Morgan fingerprint density at radius 3 is 2.97 bits per heavy atom. The van der Waals surface area contributed by atoms with Crippen LogP contribution in [-0.2, 0) is 12.8 Å². The molecule has 1 fully saturated rings. The normalized spacial score (nSPS) is 20.0. The highest BCUT2D eigenvalue weighted by Gasteiger charge is 2.33. The number of halogens is 1. The van der Waals surface area contributed by atoms with E-state index in [1.807, 2.05) is 24.4 Å². The number of aromatic nitrogens is 2. The summed E-state index contributed by atoms with van der Waals surface area (Å²) in [6.45, 7) is 4.37. The summed E-state index contributed by atoms with van der Waals surface area (Å²) < 4.78 is 0. The summed E-state index contributed by atoms with van der Waals surface area (Å²) in [5.41, 5.74) is 3.39. The molecule has 8 heteroatoms. The van der Waals surface area contributed by atoms with Crippen molar-refractivity contribution in [2.75, 3.05) is 38.0 Å². The smallest absolute Gasteiger partial charge is 0.223 e. The van der Waals surface area contributed by atoms with Gasteiger partial charge in [-0.1, -0.05) is 29.8 Å². The van der Waals surface area contributed by atoms with Crippen LogP contribution in [0.15, 0.2) is 47.5 Å². The van der Waals surface area contributed by atoms with Crippen LogP contribution in [-0.4, -0.2) is 64.2 Å². The van der Waals surface area contributed by atoms with Crippen molar-refractivity contribution in [3.63, 3.8) is 0 Å². The average Bonchev–Trinajstić information content (AvgIpc) is 3.24. The van der Waals surface area contributed by atoms with Gasteiger partial charge in [0.05, 0.1) is 10.8 Å². The first-order chi connectivity index (χ1) is 15.2. The number of thioether (sulfide) groups is 1. The van der Waals surface area contributed by atoms with Gasteiger partial charge < -0.3 is 15.7 Å². The van der Waals surface area contributed by atoms with Crippen LogP contribution >= 0.6 is 23.4 Å². The zero-order valence-electron chi connectivity index (χ0n) is 17.2. The Hall–Kier alpha value is -1.90. The van der Waals surface area contributed by atoms with E-state index < -0.39 is 6.23 Å². The highest BCUT2D eigenvalue weighted by Crippen LogP contribution is 2.42. The van der Waals surface area contributed by atoms with Crippen molar-refractivity contribution < 1.29 is 5.11 Å². The molecule has 6 nitrogen and oxygen atoms in total. The lowest BCUT2D eigenvalue weighted by Gasteiger charge is -2.34. The van der Waals surface area contributed by atoms with Crippen LogP contribution in [0, 0.1) is 0 Å². The molecule has 5 rings (SSSR count). The quantitative estimate of drug-likeness (QED) is 0.527. The van der Waals surface area contributed by atoms with Crippen molar-refractivity contribution in [2.24, 2.45) is 0 Å². The average molecular weight is 456 g/mol. The molecule has 3 heterocycles. The van der Waals surface area contributed by atoms with Gasteiger partial charge in [-0.05, 0) is 42.2 Å². The number of aliphatic hydroxyl groups is 1. The molecular formula is C23H26ClN5OS. The van der Waals surface area contributed by atoms with Gasteiger partial charge in [0.25, 0.3) is 0 Å². The molecule has 31 heavy (non-hydrogen) atoms. The van der Waals surface area contributed by atoms with E-state index in [1.54, 1.807) is 11.8 Å². The molecule has 0 amide bonds. The minimum atomic E-state index is -0.438. The van der Waals surface area contributed by atoms with Gasteiger partial charge in [-0.25, -0.2) is 9.97 Å². The summed E-state index contributed by atoms with van der Waals surface area (Å²) >= 11 is 7.84. The third kappa shape index (κ3) is 4.66. The predicted molar refractivity (Wildman–Crippen MR) is 127 cm³/mol. The SMILES string of the molecule is OC(C1Cc2c(ccc3cnc(NCCc4cccc(Cl)c4)nc23)S1)N1CCNCC1. The molecule has 2 aliphatic rings. The van der Waals surface area contributed by atoms with Gasteiger partial charge in [0.15, 0.2) is 0 Å². The third-order valence-electron chi connectivity index (χ3n) is 5.94. The number of piperazine rings is 1. The second-order valence-corrected chi connectivity index (χ2v) is 9.76. The maximum Gasteiger partial charge on any atom is 0.223 e.